The van der Waals surface area contributed by atoms with Crippen molar-refractivity contribution >= 4 is 0 Å². The molecule has 9 atom stereocenters. The van der Waals surface area contributed by atoms with Crippen LogP contribution in [0.25, 0.3) is 0 Å². The van der Waals surface area contributed by atoms with E-state index >= 15 is 0 Å². The summed E-state index contributed by atoms with van der Waals surface area (Å²) in [4.78, 5) is 0. The van der Waals surface area contributed by atoms with Crippen LogP contribution in [0.5, 0.6) is 0 Å². The van der Waals surface area contributed by atoms with E-state index in [1.807, 2.05) is 6.92 Å². The number of aliphatic hydroxyl groups excluding tert-OH is 6. The summed E-state index contributed by atoms with van der Waals surface area (Å²) in [5, 5.41) is 58.7. The Balaban J connectivity index is 1.88. The zero-order chi connectivity index (χ0) is 18.6. The maximum absolute atomic E-state index is 10.0. The average molecular weight is 368 g/mol. The first-order valence-electron chi connectivity index (χ1n) is 8.45. The fourth-order valence-corrected chi connectivity index (χ4v) is 2.65. The quantitative estimate of drug-likeness (QED) is 0.257. The normalized spacial score (nSPS) is 45.5. The Morgan fingerprint density at radius 2 is 1.52 bits per heavy atom. The maximum atomic E-state index is 10.0. The molecule has 0 radical (unpaired) electrons. The minimum atomic E-state index is -1.49. The predicted molar refractivity (Wildman–Crippen MR) is 81.3 cm³/mol. The molecule has 0 amide bonds. The van der Waals surface area contributed by atoms with Crippen molar-refractivity contribution in [1.29, 1.82) is 0 Å². The minimum Gasteiger partial charge on any atom is -0.388 e. The molecule has 0 aromatic heterocycles. The molecule has 2 rings (SSSR count). The molecule has 148 valence electrons. The summed E-state index contributed by atoms with van der Waals surface area (Å²) in [5.41, 5.74) is 0. The van der Waals surface area contributed by atoms with Gasteiger partial charge < -0.3 is 49.6 Å². The number of unbranched alkanes of at least 4 members (excludes halogenated alkanes) is 1. The lowest BCUT2D eigenvalue weighted by Gasteiger charge is -2.41. The van der Waals surface area contributed by atoms with Gasteiger partial charge in [0.05, 0.1) is 13.2 Å². The summed E-state index contributed by atoms with van der Waals surface area (Å²) < 4.78 is 21.2. The Labute approximate surface area is 145 Å². The fraction of sp³-hybridized carbons (Fsp3) is 1.00. The molecular weight excluding hydrogens is 340 g/mol. The monoisotopic (exact) mass is 368 g/mol. The Hall–Kier alpha value is -0.400. The van der Waals surface area contributed by atoms with Crippen LogP contribution in [0.15, 0.2) is 0 Å². The molecule has 0 aromatic carbocycles. The molecule has 3 unspecified atom stereocenters. The highest BCUT2D eigenvalue weighted by Crippen LogP contribution is 2.24. The molecule has 0 saturated carbocycles. The van der Waals surface area contributed by atoms with Gasteiger partial charge in [0.2, 0.25) is 0 Å². The second-order valence-electron chi connectivity index (χ2n) is 6.32. The van der Waals surface area contributed by atoms with E-state index in [1.54, 1.807) is 0 Å². The third-order valence-electron chi connectivity index (χ3n) is 4.33. The van der Waals surface area contributed by atoms with Crippen molar-refractivity contribution in [3.8, 4) is 0 Å². The molecule has 2 heterocycles. The molecule has 0 aliphatic carbocycles. The lowest BCUT2D eigenvalue weighted by atomic mass is 9.99. The van der Waals surface area contributed by atoms with Gasteiger partial charge in [-0.15, -0.1) is 0 Å². The molecule has 0 spiro atoms. The first-order chi connectivity index (χ1) is 11.9. The minimum absolute atomic E-state index is 0.221. The highest BCUT2D eigenvalue weighted by Gasteiger charge is 2.45. The molecule has 2 aliphatic rings. The average Bonchev–Trinajstić information content (AvgIpc) is 2.60. The molecule has 6 N–H and O–H groups in total. The van der Waals surface area contributed by atoms with Crippen molar-refractivity contribution in [2.45, 2.75) is 75.1 Å². The van der Waals surface area contributed by atoms with E-state index in [0.717, 1.165) is 12.8 Å². The number of hydrogen-bond acceptors (Lipinski definition) is 10. The third kappa shape index (κ3) is 5.07. The van der Waals surface area contributed by atoms with E-state index in [4.69, 9.17) is 18.9 Å². The molecule has 0 aromatic rings. The van der Waals surface area contributed by atoms with E-state index in [0.29, 0.717) is 6.61 Å². The second-order valence-corrected chi connectivity index (χ2v) is 6.32. The fourth-order valence-electron chi connectivity index (χ4n) is 2.65. The van der Waals surface area contributed by atoms with Gasteiger partial charge in [0, 0.05) is 6.61 Å². The van der Waals surface area contributed by atoms with Gasteiger partial charge in [-0.1, -0.05) is 13.3 Å². The Morgan fingerprint density at radius 1 is 0.840 bits per heavy atom. The Kier molecular flexibility index (Phi) is 7.95. The van der Waals surface area contributed by atoms with Crippen molar-refractivity contribution in [3.05, 3.63) is 0 Å². The third-order valence-corrected chi connectivity index (χ3v) is 4.33. The van der Waals surface area contributed by atoms with E-state index < -0.39 is 55.3 Å². The van der Waals surface area contributed by atoms with Gasteiger partial charge in [0.1, 0.15) is 42.7 Å². The van der Waals surface area contributed by atoms with Crippen LogP contribution in [0.1, 0.15) is 19.8 Å². The van der Waals surface area contributed by atoms with Crippen molar-refractivity contribution in [3.63, 3.8) is 0 Å². The second kappa shape index (κ2) is 9.51. The van der Waals surface area contributed by atoms with Gasteiger partial charge in [-0.05, 0) is 6.42 Å². The molecule has 2 aliphatic heterocycles. The SMILES string of the molecule is CCCCO[C@@H]1OC(CO[C@@H]2OC[C@@H](O)[C@H](O)C2O)[C@@H](O)[C@H](O)C1O. The van der Waals surface area contributed by atoms with Gasteiger partial charge in [-0.3, -0.25) is 0 Å². The standard InChI is InChI=1S/C15H28O10/c1-2-3-4-22-15-13(21)11(19)10(18)8(25-15)6-24-14-12(20)9(17)7(16)5-23-14/h7-21H,2-6H2,1H3/t7-,8?,9+,10-,11+,12?,13?,14+,15-/m1/s1. The number of rotatable bonds is 7. The molecule has 2 fully saturated rings. The van der Waals surface area contributed by atoms with E-state index in [2.05, 4.69) is 0 Å². The van der Waals surface area contributed by atoms with Gasteiger partial charge in [-0.2, -0.15) is 0 Å². The lowest BCUT2D eigenvalue weighted by Crippen LogP contribution is -2.60. The molecule has 25 heavy (non-hydrogen) atoms. The number of aliphatic hydroxyl groups is 6. The predicted octanol–water partition coefficient (Wildman–Crippen LogP) is -2.93. The van der Waals surface area contributed by atoms with Crippen molar-refractivity contribution in [1.82, 2.24) is 0 Å². The topological polar surface area (TPSA) is 158 Å². The van der Waals surface area contributed by atoms with E-state index in [1.165, 1.54) is 0 Å². The molecular formula is C15H28O10. The van der Waals surface area contributed by atoms with Crippen LogP contribution in [0.2, 0.25) is 0 Å². The van der Waals surface area contributed by atoms with Gasteiger partial charge in [0.15, 0.2) is 12.6 Å². The van der Waals surface area contributed by atoms with E-state index in [-0.39, 0.29) is 13.2 Å². The maximum Gasteiger partial charge on any atom is 0.186 e. The zero-order valence-corrected chi connectivity index (χ0v) is 14.0. The zero-order valence-electron chi connectivity index (χ0n) is 14.0. The van der Waals surface area contributed by atoms with Crippen LogP contribution in [-0.2, 0) is 18.9 Å². The first-order valence-corrected chi connectivity index (χ1v) is 8.45. The summed E-state index contributed by atoms with van der Waals surface area (Å²) in [6.07, 6.45) is -10.2. The summed E-state index contributed by atoms with van der Waals surface area (Å²) in [6, 6.07) is 0. The highest BCUT2D eigenvalue weighted by molar-refractivity contribution is 4.90. The van der Waals surface area contributed by atoms with Crippen LogP contribution >= 0.6 is 0 Å². The summed E-state index contributed by atoms with van der Waals surface area (Å²) in [7, 11) is 0. The Bertz CT molecular complexity index is 397. The largest absolute Gasteiger partial charge is 0.388 e. The molecule has 10 heteroatoms. The molecule has 10 nitrogen and oxygen atoms in total. The summed E-state index contributed by atoms with van der Waals surface area (Å²) in [6.45, 7) is 1.78. The molecule has 0 bridgehead atoms. The van der Waals surface area contributed by atoms with E-state index in [9.17, 15) is 30.6 Å². The van der Waals surface area contributed by atoms with Crippen molar-refractivity contribution in [2.24, 2.45) is 0 Å². The Morgan fingerprint density at radius 3 is 2.20 bits per heavy atom. The summed E-state index contributed by atoms with van der Waals surface area (Å²) >= 11 is 0. The van der Waals surface area contributed by atoms with Gasteiger partial charge in [0.25, 0.3) is 0 Å². The van der Waals surface area contributed by atoms with Gasteiger partial charge in [-0.25, -0.2) is 0 Å². The summed E-state index contributed by atoms with van der Waals surface area (Å²) in [5.74, 6) is 0. The first kappa shape index (κ1) is 20.9. The number of hydrogen-bond donors (Lipinski definition) is 6. The van der Waals surface area contributed by atoms with Gasteiger partial charge >= 0.3 is 0 Å². The van der Waals surface area contributed by atoms with Crippen LogP contribution in [-0.4, -0.2) is 106 Å². The number of ether oxygens (including phenoxy) is 4. The van der Waals surface area contributed by atoms with Crippen molar-refractivity contribution < 1.29 is 49.6 Å². The highest BCUT2D eigenvalue weighted by atomic mass is 16.7. The van der Waals surface area contributed by atoms with Crippen LogP contribution in [0.3, 0.4) is 0 Å². The van der Waals surface area contributed by atoms with Crippen LogP contribution in [0, 0.1) is 0 Å². The van der Waals surface area contributed by atoms with Crippen LogP contribution < -0.4 is 0 Å². The van der Waals surface area contributed by atoms with Crippen LogP contribution in [0.4, 0.5) is 0 Å². The molecule has 2 saturated heterocycles. The smallest absolute Gasteiger partial charge is 0.186 e. The van der Waals surface area contributed by atoms with Crippen molar-refractivity contribution in [2.75, 3.05) is 19.8 Å². The lowest BCUT2D eigenvalue weighted by molar-refractivity contribution is -0.320.